The molecule has 1 amide bonds. The van der Waals surface area contributed by atoms with Gasteiger partial charge in [-0.3, -0.25) is 9.59 Å². The van der Waals surface area contributed by atoms with Crippen molar-refractivity contribution in [3.63, 3.8) is 0 Å². The Labute approximate surface area is 184 Å². The first kappa shape index (κ1) is 20.6. The molecule has 0 unspecified atom stereocenters. The smallest absolute Gasteiger partial charge is 0.307 e. The SMILES string of the molecule is O=C(CCNC(=O)c1cccs1)OCc1cn(-c2ccccc2)nc1-c1ccccc1. The number of hydrogen-bond acceptors (Lipinski definition) is 5. The number of rotatable bonds is 8. The lowest BCUT2D eigenvalue weighted by Gasteiger charge is -2.06. The number of esters is 1. The second kappa shape index (κ2) is 9.86. The van der Waals surface area contributed by atoms with Gasteiger partial charge in [0.2, 0.25) is 0 Å². The van der Waals surface area contributed by atoms with E-state index in [4.69, 9.17) is 9.84 Å². The van der Waals surface area contributed by atoms with E-state index < -0.39 is 0 Å². The summed E-state index contributed by atoms with van der Waals surface area (Å²) in [7, 11) is 0. The Bertz CT molecular complexity index is 1140. The molecule has 0 aliphatic rings. The van der Waals surface area contributed by atoms with E-state index >= 15 is 0 Å². The van der Waals surface area contributed by atoms with Crippen LogP contribution in [0.5, 0.6) is 0 Å². The van der Waals surface area contributed by atoms with E-state index in [0.717, 1.165) is 22.5 Å². The first-order valence-electron chi connectivity index (χ1n) is 9.87. The Morgan fingerprint density at radius 3 is 2.42 bits per heavy atom. The van der Waals surface area contributed by atoms with Gasteiger partial charge in [0, 0.05) is 23.9 Å². The summed E-state index contributed by atoms with van der Waals surface area (Å²) in [5, 5.41) is 9.28. The van der Waals surface area contributed by atoms with Crippen molar-refractivity contribution in [2.75, 3.05) is 6.54 Å². The number of amides is 1. The maximum atomic E-state index is 12.2. The fourth-order valence-corrected chi connectivity index (χ4v) is 3.71. The number of nitrogens with zero attached hydrogens (tertiary/aromatic N) is 2. The lowest BCUT2D eigenvalue weighted by Crippen LogP contribution is -2.25. The number of nitrogens with one attached hydrogen (secondary N) is 1. The second-order valence-electron chi connectivity index (χ2n) is 6.79. The third-order valence-corrected chi connectivity index (χ3v) is 5.47. The van der Waals surface area contributed by atoms with Crippen molar-refractivity contribution in [1.82, 2.24) is 15.1 Å². The molecule has 0 saturated carbocycles. The third-order valence-electron chi connectivity index (χ3n) is 4.61. The molecule has 4 rings (SSSR count). The minimum atomic E-state index is -0.377. The van der Waals surface area contributed by atoms with Crippen LogP contribution < -0.4 is 5.32 Å². The molecule has 0 bridgehead atoms. The van der Waals surface area contributed by atoms with Crippen LogP contribution in [0.3, 0.4) is 0 Å². The number of aromatic nitrogens is 2. The van der Waals surface area contributed by atoms with Gasteiger partial charge in [-0.15, -0.1) is 11.3 Å². The van der Waals surface area contributed by atoms with Gasteiger partial charge in [-0.1, -0.05) is 54.6 Å². The van der Waals surface area contributed by atoms with Crippen molar-refractivity contribution >= 4 is 23.2 Å². The van der Waals surface area contributed by atoms with Crippen molar-refractivity contribution in [2.24, 2.45) is 0 Å². The van der Waals surface area contributed by atoms with Crippen LogP contribution in [-0.4, -0.2) is 28.2 Å². The number of para-hydroxylation sites is 1. The fourth-order valence-electron chi connectivity index (χ4n) is 3.07. The largest absolute Gasteiger partial charge is 0.461 e. The Morgan fingerprint density at radius 2 is 1.71 bits per heavy atom. The van der Waals surface area contributed by atoms with Gasteiger partial charge < -0.3 is 10.1 Å². The van der Waals surface area contributed by atoms with Gasteiger partial charge in [0.15, 0.2) is 0 Å². The lowest BCUT2D eigenvalue weighted by atomic mass is 10.1. The Hall–Kier alpha value is -3.71. The van der Waals surface area contributed by atoms with E-state index in [1.54, 1.807) is 10.7 Å². The van der Waals surface area contributed by atoms with Crippen LogP contribution in [0, 0.1) is 0 Å². The highest BCUT2D eigenvalue weighted by Gasteiger charge is 2.14. The van der Waals surface area contributed by atoms with E-state index in [9.17, 15) is 9.59 Å². The second-order valence-corrected chi connectivity index (χ2v) is 7.74. The standard InChI is InChI=1S/C24H21N3O3S/c28-22(13-14-25-24(29)21-12-7-15-31-21)30-17-19-16-27(20-10-5-2-6-11-20)26-23(19)18-8-3-1-4-9-18/h1-12,15-16H,13-14,17H2,(H,25,29). The molecule has 0 atom stereocenters. The number of carbonyl (C=O) groups excluding carboxylic acids is 2. The summed E-state index contributed by atoms with van der Waals surface area (Å²) in [6, 6.07) is 23.1. The van der Waals surface area contributed by atoms with Gasteiger partial charge in [0.1, 0.15) is 6.61 Å². The first-order valence-corrected chi connectivity index (χ1v) is 10.8. The van der Waals surface area contributed by atoms with E-state index in [-0.39, 0.29) is 31.4 Å². The highest BCUT2D eigenvalue weighted by molar-refractivity contribution is 7.12. The lowest BCUT2D eigenvalue weighted by molar-refractivity contribution is -0.144. The molecule has 0 aliphatic heterocycles. The molecule has 0 saturated heterocycles. The van der Waals surface area contributed by atoms with Crippen LogP contribution in [0.25, 0.3) is 16.9 Å². The van der Waals surface area contributed by atoms with Crippen LogP contribution in [0.1, 0.15) is 21.7 Å². The average molecular weight is 432 g/mol. The molecule has 31 heavy (non-hydrogen) atoms. The number of hydrogen-bond donors (Lipinski definition) is 1. The summed E-state index contributed by atoms with van der Waals surface area (Å²) < 4.78 is 7.26. The molecule has 2 aromatic carbocycles. The van der Waals surface area contributed by atoms with E-state index in [2.05, 4.69) is 5.32 Å². The highest BCUT2D eigenvalue weighted by atomic mass is 32.1. The topological polar surface area (TPSA) is 73.2 Å². The van der Waals surface area contributed by atoms with Gasteiger partial charge in [0.25, 0.3) is 5.91 Å². The molecule has 2 heterocycles. The van der Waals surface area contributed by atoms with Gasteiger partial charge in [-0.25, -0.2) is 4.68 Å². The maximum absolute atomic E-state index is 12.2. The summed E-state index contributed by atoms with van der Waals surface area (Å²) in [6.07, 6.45) is 1.98. The number of thiophene rings is 1. The number of benzene rings is 2. The summed E-state index contributed by atoms with van der Waals surface area (Å²) in [4.78, 5) is 24.8. The summed E-state index contributed by atoms with van der Waals surface area (Å²) >= 11 is 1.36. The molecule has 6 nitrogen and oxygen atoms in total. The molecule has 4 aromatic rings. The van der Waals surface area contributed by atoms with Crippen LogP contribution in [0.15, 0.2) is 84.4 Å². The minimum Gasteiger partial charge on any atom is -0.461 e. The van der Waals surface area contributed by atoms with E-state index in [1.165, 1.54) is 11.3 Å². The molecular weight excluding hydrogens is 410 g/mol. The third kappa shape index (κ3) is 5.26. The molecule has 1 N–H and O–H groups in total. The van der Waals surface area contributed by atoms with Gasteiger partial charge >= 0.3 is 5.97 Å². The van der Waals surface area contributed by atoms with Gasteiger partial charge in [0.05, 0.1) is 22.7 Å². The molecule has 0 radical (unpaired) electrons. The Balaban J connectivity index is 1.40. The quantitative estimate of drug-likeness (QED) is 0.418. The zero-order valence-corrected chi connectivity index (χ0v) is 17.5. The molecule has 0 aliphatic carbocycles. The Kier molecular flexibility index (Phi) is 6.54. The molecule has 156 valence electrons. The number of ether oxygens (including phenoxy) is 1. The van der Waals surface area contributed by atoms with Crippen molar-refractivity contribution in [1.29, 1.82) is 0 Å². The van der Waals surface area contributed by atoms with Crippen molar-refractivity contribution in [2.45, 2.75) is 13.0 Å². The van der Waals surface area contributed by atoms with Crippen LogP contribution in [0.4, 0.5) is 0 Å². The molecular formula is C24H21N3O3S. The fraction of sp³-hybridized carbons (Fsp3) is 0.125. The van der Waals surface area contributed by atoms with Crippen LogP contribution >= 0.6 is 11.3 Å². The van der Waals surface area contributed by atoms with Crippen LogP contribution in [0.2, 0.25) is 0 Å². The molecule has 0 spiro atoms. The molecule has 0 fully saturated rings. The van der Waals surface area contributed by atoms with E-state index in [1.807, 2.05) is 78.3 Å². The maximum Gasteiger partial charge on any atom is 0.307 e. The van der Waals surface area contributed by atoms with Gasteiger partial charge in [-0.05, 0) is 23.6 Å². The number of carbonyl (C=O) groups is 2. The van der Waals surface area contributed by atoms with Crippen molar-refractivity contribution in [3.05, 3.63) is 94.8 Å². The predicted molar refractivity (Wildman–Crippen MR) is 120 cm³/mol. The summed E-state index contributed by atoms with van der Waals surface area (Å²) in [5.41, 5.74) is 3.45. The van der Waals surface area contributed by atoms with Crippen molar-refractivity contribution < 1.29 is 14.3 Å². The molecule has 7 heteroatoms. The van der Waals surface area contributed by atoms with Crippen LogP contribution in [-0.2, 0) is 16.1 Å². The minimum absolute atomic E-state index is 0.102. The van der Waals surface area contributed by atoms with Gasteiger partial charge in [-0.2, -0.15) is 5.10 Å². The summed E-state index contributed by atoms with van der Waals surface area (Å²) in [5.74, 6) is -0.559. The van der Waals surface area contributed by atoms with E-state index in [0.29, 0.717) is 4.88 Å². The summed E-state index contributed by atoms with van der Waals surface area (Å²) in [6.45, 7) is 0.332. The monoisotopic (exact) mass is 431 g/mol. The first-order chi connectivity index (χ1) is 15.2. The molecule has 2 aromatic heterocycles. The zero-order chi connectivity index (χ0) is 21.5. The Morgan fingerprint density at radius 1 is 0.968 bits per heavy atom. The van der Waals surface area contributed by atoms with Crippen molar-refractivity contribution in [3.8, 4) is 16.9 Å². The normalized spacial score (nSPS) is 10.6. The zero-order valence-electron chi connectivity index (χ0n) is 16.7. The average Bonchev–Trinajstić information content (AvgIpc) is 3.49. The highest BCUT2D eigenvalue weighted by Crippen LogP contribution is 2.24. The predicted octanol–water partition coefficient (Wildman–Crippen LogP) is 4.46.